The van der Waals surface area contributed by atoms with Gasteiger partial charge in [0.25, 0.3) is 0 Å². The molecule has 4 saturated heterocycles. The third kappa shape index (κ3) is 11.1. The largest absolute Gasteiger partial charge is 0.486 e. The fraction of sp³-hybridized carbons (Fsp3) is 0.438. The van der Waals surface area contributed by atoms with E-state index in [1.807, 2.05) is 92.0 Å². The number of nitrogens with one attached hydrogen (secondary N) is 2. The monoisotopic (exact) mass is 1130 g/mol. The highest BCUT2D eigenvalue weighted by Crippen LogP contribution is 2.54. The summed E-state index contributed by atoms with van der Waals surface area (Å²) in [5.41, 5.74) is 13.7. The van der Waals surface area contributed by atoms with Crippen LogP contribution in [0.1, 0.15) is 119 Å². The number of aliphatic hydroxyl groups is 1. The van der Waals surface area contributed by atoms with Crippen LogP contribution in [0.15, 0.2) is 103 Å². The highest BCUT2D eigenvalue weighted by atomic mass is 32.1. The summed E-state index contributed by atoms with van der Waals surface area (Å²) in [5, 5.41) is 30.0. The minimum atomic E-state index is -0.727. The molecule has 4 aliphatic heterocycles. The lowest BCUT2D eigenvalue weighted by Gasteiger charge is -2.31. The zero-order chi connectivity index (χ0) is 56.6. The van der Waals surface area contributed by atoms with E-state index >= 15 is 4.39 Å². The van der Waals surface area contributed by atoms with Crippen molar-refractivity contribution in [2.75, 3.05) is 44.4 Å². The minimum Gasteiger partial charge on any atom is -0.486 e. The van der Waals surface area contributed by atoms with Gasteiger partial charge >= 0.3 is 6.01 Å². The molecule has 2 bridgehead atoms. The number of carbonyl (C=O) groups excluding carboxylic acids is 2. The van der Waals surface area contributed by atoms with Crippen molar-refractivity contribution in [2.24, 2.45) is 17.6 Å². The number of carbonyl (C=O) groups is 2. The summed E-state index contributed by atoms with van der Waals surface area (Å²) in [4.78, 5) is 43.2. The first-order chi connectivity index (χ1) is 40.0. The fourth-order valence-corrected chi connectivity index (χ4v) is 13.4. The number of likely N-dealkylation sites (tertiary alicyclic amines) is 1. The summed E-state index contributed by atoms with van der Waals surface area (Å²) in [6.45, 7) is 11.4. The number of anilines is 1. The number of nitrogens with zero attached hydrogens (tertiary/aromatic N) is 7. The van der Waals surface area contributed by atoms with Crippen molar-refractivity contribution in [3.8, 4) is 34.1 Å². The van der Waals surface area contributed by atoms with Crippen molar-refractivity contribution >= 4 is 55.5 Å². The number of aliphatic hydroxyl groups excluding tert-OH is 1. The topological polar surface area (TPSA) is 195 Å². The second-order valence-corrected chi connectivity index (χ2v) is 24.1. The molecule has 5 fully saturated rings. The highest BCUT2D eigenvalue weighted by Gasteiger charge is 2.42. The Morgan fingerprint density at radius 3 is 2.50 bits per heavy atom. The maximum Gasteiger partial charge on any atom is 0.319 e. The first kappa shape index (κ1) is 55.3. The Labute approximate surface area is 481 Å². The molecule has 4 aromatic carbocycles. The Morgan fingerprint density at radius 1 is 0.988 bits per heavy atom. The van der Waals surface area contributed by atoms with Gasteiger partial charge in [0.2, 0.25) is 11.8 Å². The van der Waals surface area contributed by atoms with Gasteiger partial charge in [-0.25, -0.2) is 9.07 Å². The number of piperazine rings is 1. The quantitative estimate of drug-likeness (QED) is 0.0527. The van der Waals surface area contributed by atoms with E-state index in [0.717, 1.165) is 112 Å². The smallest absolute Gasteiger partial charge is 0.319 e. The maximum atomic E-state index is 16.8. The maximum absolute atomic E-state index is 16.8. The van der Waals surface area contributed by atoms with Gasteiger partial charge in [-0.05, 0) is 126 Å². The molecule has 16 nitrogen and oxygen atoms in total. The number of hydrogen-bond acceptors (Lipinski definition) is 14. The molecule has 5 aliphatic rings. The van der Waals surface area contributed by atoms with Crippen LogP contribution in [0.3, 0.4) is 0 Å². The average molecular weight is 1130 g/mol. The van der Waals surface area contributed by atoms with Crippen LogP contribution in [-0.4, -0.2) is 110 Å². The summed E-state index contributed by atoms with van der Waals surface area (Å²) < 4.78 is 38.8. The minimum absolute atomic E-state index is 0.103. The van der Waals surface area contributed by atoms with Crippen LogP contribution in [0.2, 0.25) is 0 Å². The van der Waals surface area contributed by atoms with Crippen molar-refractivity contribution in [2.45, 2.75) is 128 Å². The molecule has 7 aromatic rings. The van der Waals surface area contributed by atoms with Crippen LogP contribution in [0.5, 0.6) is 11.8 Å². The lowest BCUT2D eigenvalue weighted by atomic mass is 9.90. The Balaban J connectivity index is 0.804. The van der Waals surface area contributed by atoms with Crippen LogP contribution in [-0.2, 0) is 20.9 Å². The number of thiophene rings is 1. The molecule has 3 aromatic heterocycles. The number of nitrogens with two attached hydrogens (primary N) is 1. The molecule has 2 amide bonds. The number of rotatable bonds is 20. The van der Waals surface area contributed by atoms with E-state index in [4.69, 9.17) is 29.9 Å². The van der Waals surface area contributed by atoms with Crippen LogP contribution in [0.4, 0.5) is 10.2 Å². The molecule has 428 valence electrons. The molecule has 0 radical (unpaired) electrons. The third-order valence-electron chi connectivity index (χ3n) is 17.4. The summed E-state index contributed by atoms with van der Waals surface area (Å²) in [6, 6.07) is 22.2. The molecule has 1 saturated carbocycles. The standard InChI is InChI=1S/C64H73FN10O6S/c1-5-38(4)47(8-6-25-66)40-16-18-43(19-17-40)53(35-76)68-62(77)54-9-7-26-73(54)63(78)59(37(2)3)75-34-52(71-72-75)42-12-10-39(11-13-42)36-80-60-57(56-48-24-29-82-55(48)21-20-51(56)65)49(41-14-15-41)31-50-58(60)69-64(81-46-22-27-79-28-23-46)70-61(50)74-33-44-30-45(74)32-67-44/h6,8,10-13,16-21,24-25,29,31,34,37-38,41,44-46,53-54,59,67,76H,5,7,9,14-15,22-23,26-28,30,32-33,35-36,66H2,1-4H3,(H,68,77)/b25-6-,47-8+/t38?,44-,45-,53-,54-,59-/m0/s1. The molecule has 7 heterocycles. The number of aromatic nitrogens is 5. The van der Waals surface area contributed by atoms with E-state index < -0.39 is 18.1 Å². The fourth-order valence-electron chi connectivity index (χ4n) is 12.6. The van der Waals surface area contributed by atoms with Crippen LogP contribution in [0, 0.1) is 17.7 Å². The van der Waals surface area contributed by atoms with E-state index in [2.05, 4.69) is 45.8 Å². The first-order valence-electron chi connectivity index (χ1n) is 29.3. The van der Waals surface area contributed by atoms with Crippen molar-refractivity contribution in [3.05, 3.63) is 131 Å². The average Bonchev–Trinajstić information content (AvgIpc) is 2.85. The lowest BCUT2D eigenvalue weighted by Crippen LogP contribution is -2.50. The van der Waals surface area contributed by atoms with Gasteiger partial charge in [-0.1, -0.05) is 87.5 Å². The van der Waals surface area contributed by atoms with Crippen molar-refractivity contribution in [1.82, 2.24) is 40.5 Å². The van der Waals surface area contributed by atoms with E-state index in [-0.39, 0.29) is 60.8 Å². The normalized spacial score (nSPS) is 20.6. The number of halogens is 1. The predicted molar refractivity (Wildman–Crippen MR) is 318 cm³/mol. The molecule has 1 unspecified atom stereocenters. The first-order valence-corrected chi connectivity index (χ1v) is 30.2. The second-order valence-electron chi connectivity index (χ2n) is 23.1. The van der Waals surface area contributed by atoms with E-state index in [1.54, 1.807) is 33.2 Å². The van der Waals surface area contributed by atoms with Crippen LogP contribution in [0.25, 0.3) is 48.9 Å². The zero-order valence-electron chi connectivity index (χ0n) is 47.1. The third-order valence-corrected chi connectivity index (χ3v) is 18.3. The molecule has 5 N–H and O–H groups in total. The number of allylic oxidation sites excluding steroid dienone is 3. The van der Waals surface area contributed by atoms with Gasteiger partial charge in [0.15, 0.2) is 5.75 Å². The molecule has 18 heteroatoms. The van der Waals surface area contributed by atoms with Crippen molar-refractivity contribution in [3.63, 3.8) is 0 Å². The molecule has 0 spiro atoms. The van der Waals surface area contributed by atoms with Crippen LogP contribution >= 0.6 is 11.3 Å². The summed E-state index contributed by atoms with van der Waals surface area (Å²) in [7, 11) is 0. The number of benzene rings is 4. The van der Waals surface area contributed by atoms with Crippen molar-refractivity contribution in [1.29, 1.82) is 0 Å². The van der Waals surface area contributed by atoms with Gasteiger partial charge in [-0.2, -0.15) is 9.97 Å². The molecule has 82 heavy (non-hydrogen) atoms. The predicted octanol–water partition coefficient (Wildman–Crippen LogP) is 10.4. The number of hydrogen-bond donors (Lipinski definition) is 4. The van der Waals surface area contributed by atoms with Crippen molar-refractivity contribution < 1.29 is 33.3 Å². The zero-order valence-corrected chi connectivity index (χ0v) is 47.9. The Bertz CT molecular complexity index is 3520. The Hall–Kier alpha value is -7.25. The Kier molecular flexibility index (Phi) is 16.1. The van der Waals surface area contributed by atoms with E-state index in [0.29, 0.717) is 67.1 Å². The Morgan fingerprint density at radius 2 is 1.79 bits per heavy atom. The van der Waals surface area contributed by atoms with E-state index in [9.17, 15) is 14.7 Å². The van der Waals surface area contributed by atoms with Gasteiger partial charge in [0.05, 0.1) is 32.1 Å². The van der Waals surface area contributed by atoms with Gasteiger partial charge in [0, 0.05) is 76.7 Å². The van der Waals surface area contributed by atoms with Gasteiger partial charge in [0.1, 0.15) is 47.6 Å². The van der Waals surface area contributed by atoms with Gasteiger partial charge < -0.3 is 45.5 Å². The molecule has 12 rings (SSSR count). The summed E-state index contributed by atoms with van der Waals surface area (Å²) in [5.74, 6) is 0.840. The number of fused-ring (bicyclic) bond motifs is 4. The molecular formula is C64H73FN10O6S. The van der Waals surface area contributed by atoms with E-state index in [1.165, 1.54) is 6.20 Å². The number of ether oxygens (including phenoxy) is 3. The highest BCUT2D eigenvalue weighted by molar-refractivity contribution is 7.17. The van der Waals surface area contributed by atoms with Crippen LogP contribution < -0.4 is 30.7 Å². The summed E-state index contributed by atoms with van der Waals surface area (Å²) in [6.07, 6.45) is 13.6. The summed E-state index contributed by atoms with van der Waals surface area (Å²) >= 11 is 1.59. The molecular weight excluding hydrogens is 1060 g/mol. The number of amides is 2. The molecule has 1 aliphatic carbocycles. The SMILES string of the molecule is CCC(C)/C(=C\C=C/N)c1ccc([C@H](CO)NC(=O)[C@@H]2CCCN2C(=O)[C@H](C(C)C)n2cc(-c3ccc(COc4c(-c5c(F)ccc6sccc56)c(C5CC5)cc5c(N6C[C@@H]7C[C@H]6CN7)nc(OC6CCOCC6)nc45)cc3)nn2)cc1. The van der Waals surface area contributed by atoms with Gasteiger partial charge in [-0.15, -0.1) is 16.4 Å². The molecule has 6 atom stereocenters. The second kappa shape index (κ2) is 23.9. The lowest BCUT2D eigenvalue weighted by molar-refractivity contribution is -0.142. The van der Waals surface area contributed by atoms with Gasteiger partial charge in [-0.3, -0.25) is 9.59 Å².